The molecule has 8 N–H and O–H groups in total. The van der Waals surface area contributed by atoms with Crippen molar-refractivity contribution in [3.05, 3.63) is 137 Å². The van der Waals surface area contributed by atoms with Crippen molar-refractivity contribution < 1.29 is 38.5 Å². The predicted octanol–water partition coefficient (Wildman–Crippen LogP) is 1.75. The monoisotopic (exact) mass is 821 g/mol. The molecule has 4 aromatic carbocycles. The van der Waals surface area contributed by atoms with Crippen LogP contribution in [-0.4, -0.2) is 97.7 Å². The van der Waals surface area contributed by atoms with Gasteiger partial charge in [-0.1, -0.05) is 97.1 Å². The number of carbonyl (C=O) groups excluding carboxylic acids is 5. The minimum absolute atomic E-state index is 0.00491. The molecule has 0 fully saturated rings. The summed E-state index contributed by atoms with van der Waals surface area (Å²) in [6.07, 6.45) is 3.37. The van der Waals surface area contributed by atoms with Gasteiger partial charge in [0.25, 0.3) is 11.9 Å². The number of amides is 5. The van der Waals surface area contributed by atoms with Crippen LogP contribution in [0.3, 0.4) is 0 Å². The van der Waals surface area contributed by atoms with E-state index in [4.69, 9.17) is 15.2 Å². The summed E-state index contributed by atoms with van der Waals surface area (Å²) < 4.78 is 11.6. The maximum Gasteiger partial charge on any atom is 0.266 e. The Bertz CT molecular complexity index is 2160. The maximum absolute atomic E-state index is 14.2. The number of hydrogen-bond acceptors (Lipinski definition) is 9. The van der Waals surface area contributed by atoms with E-state index in [0.717, 1.165) is 10.8 Å². The molecule has 4 aromatic rings. The van der Waals surface area contributed by atoms with Gasteiger partial charge < -0.3 is 47.1 Å². The number of nitrogens with two attached hydrogens (primary N) is 1. The summed E-state index contributed by atoms with van der Waals surface area (Å²) in [7, 11) is 0. The van der Waals surface area contributed by atoms with E-state index in [1.807, 2.05) is 30.3 Å². The molecular formula is C42H47N9O9. The van der Waals surface area contributed by atoms with E-state index in [0.29, 0.717) is 16.8 Å². The topological polar surface area (TPSA) is 258 Å². The van der Waals surface area contributed by atoms with Crippen molar-refractivity contribution in [3.8, 4) is 0 Å². The van der Waals surface area contributed by atoms with Crippen LogP contribution in [0.5, 0.6) is 0 Å². The zero-order valence-electron chi connectivity index (χ0n) is 32.6. The van der Waals surface area contributed by atoms with Crippen LogP contribution in [0.2, 0.25) is 0 Å². The van der Waals surface area contributed by atoms with E-state index in [1.54, 1.807) is 84.9 Å². The van der Waals surface area contributed by atoms with E-state index in [2.05, 4.69) is 37.0 Å². The predicted molar refractivity (Wildman–Crippen MR) is 223 cm³/mol. The highest BCUT2D eigenvalue weighted by Crippen LogP contribution is 2.23. The molecule has 1 aliphatic heterocycles. The highest BCUT2D eigenvalue weighted by atomic mass is 16.7. The van der Waals surface area contributed by atoms with Gasteiger partial charge in [-0.2, -0.15) is 0 Å². The van der Waals surface area contributed by atoms with Crippen LogP contribution >= 0.6 is 0 Å². The van der Waals surface area contributed by atoms with E-state index in [9.17, 15) is 34.1 Å². The molecule has 18 nitrogen and oxygen atoms in total. The Morgan fingerprint density at radius 1 is 0.783 bits per heavy atom. The van der Waals surface area contributed by atoms with Gasteiger partial charge in [0, 0.05) is 29.6 Å². The molecule has 0 bridgehead atoms. The van der Waals surface area contributed by atoms with Gasteiger partial charge in [0.15, 0.2) is 5.03 Å². The van der Waals surface area contributed by atoms with Gasteiger partial charge in [0.1, 0.15) is 29.3 Å². The lowest BCUT2D eigenvalue weighted by Crippen LogP contribution is -2.59. The zero-order valence-corrected chi connectivity index (χ0v) is 32.6. The van der Waals surface area contributed by atoms with Crippen molar-refractivity contribution >= 4 is 52.0 Å². The van der Waals surface area contributed by atoms with Crippen molar-refractivity contribution in [2.24, 2.45) is 10.8 Å². The number of nitrogens with zero attached hydrogens (tertiary/aromatic N) is 2. The third-order valence-electron chi connectivity index (χ3n) is 9.22. The van der Waals surface area contributed by atoms with E-state index in [1.165, 1.54) is 0 Å². The normalized spacial score (nSPS) is 20.3. The van der Waals surface area contributed by atoms with Crippen LogP contribution in [0, 0.1) is 10.1 Å². The Labute approximate surface area is 345 Å². The number of carbonyl (C=O) groups is 5. The zero-order chi connectivity index (χ0) is 42.7. The van der Waals surface area contributed by atoms with Gasteiger partial charge >= 0.3 is 0 Å². The molecule has 5 rings (SSSR count). The first-order chi connectivity index (χ1) is 29.1. The second kappa shape index (κ2) is 22.7. The first-order valence-electron chi connectivity index (χ1n) is 19.2. The largest absolute Gasteiger partial charge is 0.375 e. The fourth-order valence-electron chi connectivity index (χ4n) is 6.19. The molecule has 0 radical (unpaired) electrons. The summed E-state index contributed by atoms with van der Waals surface area (Å²) in [5.74, 6) is -3.81. The summed E-state index contributed by atoms with van der Waals surface area (Å²) >= 11 is 0. The number of nitro groups is 1. The number of guanidine groups is 1. The Balaban J connectivity index is 1.43. The minimum Gasteiger partial charge on any atom is -0.375 e. The average molecular weight is 822 g/mol. The van der Waals surface area contributed by atoms with Crippen LogP contribution in [-0.2, 0) is 35.1 Å². The molecule has 0 saturated carbocycles. The Morgan fingerprint density at radius 3 is 2.15 bits per heavy atom. The number of anilines is 1. The second-order valence-electron chi connectivity index (χ2n) is 13.6. The van der Waals surface area contributed by atoms with Gasteiger partial charge in [-0.05, 0) is 42.0 Å². The van der Waals surface area contributed by atoms with Gasteiger partial charge in [0.05, 0.1) is 26.4 Å². The minimum atomic E-state index is -1.30. The van der Waals surface area contributed by atoms with Gasteiger partial charge in [-0.3, -0.25) is 24.0 Å². The van der Waals surface area contributed by atoms with Gasteiger partial charge in [-0.25, -0.2) is 10.1 Å². The highest BCUT2D eigenvalue weighted by molar-refractivity contribution is 6.05. The summed E-state index contributed by atoms with van der Waals surface area (Å²) in [6, 6.07) is 25.0. The highest BCUT2D eigenvalue weighted by Gasteiger charge is 2.32. The summed E-state index contributed by atoms with van der Waals surface area (Å²) in [4.78, 5) is 80.1. The van der Waals surface area contributed by atoms with Gasteiger partial charge in [-0.15, -0.1) is 0 Å². The van der Waals surface area contributed by atoms with Crippen LogP contribution in [0.25, 0.3) is 10.8 Å². The number of fused-ring (bicyclic) bond motifs is 1. The Kier molecular flexibility index (Phi) is 16.6. The average Bonchev–Trinajstić information content (AvgIpc) is 3.24. The number of benzene rings is 4. The number of hydrazone groups is 1. The van der Waals surface area contributed by atoms with Crippen molar-refractivity contribution in [1.82, 2.24) is 26.6 Å². The molecule has 1 heterocycles. The van der Waals surface area contributed by atoms with E-state index in [-0.39, 0.29) is 52.2 Å². The summed E-state index contributed by atoms with van der Waals surface area (Å²) in [5.41, 5.74) is 7.06. The Morgan fingerprint density at radius 2 is 1.42 bits per heavy atom. The Hall–Kier alpha value is -7.18. The molecule has 0 aliphatic carbocycles. The van der Waals surface area contributed by atoms with E-state index >= 15 is 0 Å². The number of hydrogen-bond donors (Lipinski definition) is 7. The lowest BCUT2D eigenvalue weighted by molar-refractivity contribution is -0.485. The first kappa shape index (κ1) is 43.9. The van der Waals surface area contributed by atoms with Gasteiger partial charge in [0.2, 0.25) is 23.6 Å². The SMILES string of the molecule is N/C(=N\[N+](=O)[O-])NCCC[C@@H]1NC(=O)[C@@H](Cc2ccccc2)NC(=O)[C@@H](NC(=O)c2ccccc2)COC/C=C/COC[C@@H](C(=O)Nc2cccc3ccccc23)NC1=O. The summed E-state index contributed by atoms with van der Waals surface area (Å²) in [6.45, 7) is -0.442. The molecule has 0 unspecified atom stereocenters. The lowest BCUT2D eigenvalue weighted by Gasteiger charge is -2.27. The van der Waals surface area contributed by atoms with Crippen LogP contribution < -0.4 is 37.6 Å². The molecule has 0 saturated heterocycles. The molecular weight excluding hydrogens is 775 g/mol. The van der Waals surface area contributed by atoms with Crippen LogP contribution in [0.15, 0.2) is 120 Å². The second-order valence-corrected chi connectivity index (χ2v) is 13.6. The third kappa shape index (κ3) is 13.7. The van der Waals surface area contributed by atoms with Crippen LogP contribution in [0.4, 0.5) is 5.69 Å². The van der Waals surface area contributed by atoms with Crippen molar-refractivity contribution in [3.63, 3.8) is 0 Å². The quantitative estimate of drug-likeness (QED) is 0.0287. The van der Waals surface area contributed by atoms with Crippen LogP contribution in [0.1, 0.15) is 28.8 Å². The van der Waals surface area contributed by atoms with Crippen molar-refractivity contribution in [1.29, 1.82) is 0 Å². The smallest absolute Gasteiger partial charge is 0.266 e. The van der Waals surface area contributed by atoms with Crippen molar-refractivity contribution in [2.45, 2.75) is 43.4 Å². The summed E-state index contributed by atoms with van der Waals surface area (Å²) in [5, 5.41) is 30.8. The fraction of sp³-hybridized carbons (Fsp3) is 0.286. The number of nitrogens with one attached hydrogen (secondary N) is 6. The fourth-order valence-corrected chi connectivity index (χ4v) is 6.19. The lowest BCUT2D eigenvalue weighted by atomic mass is 10.0. The number of rotatable bonds is 11. The number of ether oxygens (including phenoxy) is 2. The molecule has 60 heavy (non-hydrogen) atoms. The molecule has 5 amide bonds. The molecule has 0 spiro atoms. The maximum atomic E-state index is 14.2. The molecule has 0 aromatic heterocycles. The van der Waals surface area contributed by atoms with E-state index < -0.39 is 64.7 Å². The molecule has 4 atom stereocenters. The van der Waals surface area contributed by atoms with Crippen molar-refractivity contribution in [2.75, 3.05) is 38.3 Å². The first-order valence-corrected chi connectivity index (χ1v) is 19.2. The molecule has 18 heteroatoms. The molecule has 314 valence electrons. The molecule has 1 aliphatic rings. The third-order valence-corrected chi connectivity index (χ3v) is 9.22. The standard InChI is InChI=1S/C42H47N9O9/c43-42(50-51(57)58)44-22-12-21-33-38(53)49-36(40(55)45-32-20-11-18-29-15-7-8-19-31(29)32)27-60-24-10-9-23-59-26-35(48-37(52)30-16-5-2-6-17-30)41(56)47-34(39(54)46-33)25-28-13-3-1-4-14-28/h1-11,13-20,33-36H,12,21-27H2,(H,45,55)(H,46,54)(H,47,56)(H,48,52)(H,49,53)(H3,43,44,50)/b10-9+/t33-,34+,35-,36-/m0/s1.